The van der Waals surface area contributed by atoms with Gasteiger partial charge in [0.1, 0.15) is 24.1 Å². The second-order valence-electron chi connectivity index (χ2n) is 14.2. The largest absolute Gasteiger partial charge is 0.474 e. The van der Waals surface area contributed by atoms with Crippen molar-refractivity contribution in [3.63, 3.8) is 0 Å². The van der Waals surface area contributed by atoms with Gasteiger partial charge < -0.3 is 28.8 Å². The van der Waals surface area contributed by atoms with E-state index in [0.717, 1.165) is 38.0 Å². The minimum Gasteiger partial charge on any atom is -0.444 e. The minimum atomic E-state index is -4.20. The van der Waals surface area contributed by atoms with Crippen molar-refractivity contribution in [1.29, 1.82) is 0 Å². The van der Waals surface area contributed by atoms with Gasteiger partial charge in [0.15, 0.2) is 0 Å². The molecule has 302 valence electrons. The first kappa shape index (κ1) is 46.4. The van der Waals surface area contributed by atoms with Gasteiger partial charge in [0.25, 0.3) is 0 Å². The maximum atomic E-state index is 13.7. The Hall–Kier alpha value is -2.73. The van der Waals surface area contributed by atoms with Crippen molar-refractivity contribution in [2.75, 3.05) is 45.6 Å². The highest BCUT2D eigenvalue weighted by atomic mass is 31.2. The number of amides is 1. The van der Waals surface area contributed by atoms with Gasteiger partial charge in [-0.05, 0) is 65.2 Å². The molecular formula is C40H67N2O10P. The fourth-order valence-corrected chi connectivity index (χ4v) is 6.80. The number of benzene rings is 1. The number of hydrogen-bond donors (Lipinski definition) is 1. The van der Waals surface area contributed by atoms with E-state index in [9.17, 15) is 14.2 Å². The van der Waals surface area contributed by atoms with Gasteiger partial charge in [-0.3, -0.25) is 13.6 Å². The molecule has 2 rings (SSSR count). The number of rotatable bonds is 28. The number of alkyl carbamates (subject to hydrolysis) is 1. The third kappa shape index (κ3) is 18.4. The van der Waals surface area contributed by atoms with Gasteiger partial charge in [-0.1, -0.05) is 83.3 Å². The van der Waals surface area contributed by atoms with E-state index < -0.39 is 37.3 Å². The van der Waals surface area contributed by atoms with Crippen molar-refractivity contribution < 1.29 is 41.6 Å². The Bertz CT molecular complexity index is 1450. The third-order valence-corrected chi connectivity index (χ3v) is 10.1. The van der Waals surface area contributed by atoms with Gasteiger partial charge in [-0.25, -0.2) is 14.2 Å². The number of phosphoric acid groups is 1. The van der Waals surface area contributed by atoms with Gasteiger partial charge in [-0.2, -0.15) is 0 Å². The summed E-state index contributed by atoms with van der Waals surface area (Å²) >= 11 is 0. The molecule has 1 N–H and O–H groups in total. The molecule has 3 atom stereocenters. The van der Waals surface area contributed by atoms with Crippen molar-refractivity contribution in [1.82, 2.24) is 5.32 Å². The SMILES string of the molecule is CCCCCCCCCCCCC/C=C/[C@@H](OCOC)[C@H](COP(=O)(OC)OCc1cc(=O)oc2cc(N(CC)CC)ccc12)NC(=O)OC(C)(C)C. The zero-order chi connectivity index (χ0) is 39.1. The third-order valence-electron chi connectivity index (χ3n) is 8.73. The zero-order valence-electron chi connectivity index (χ0n) is 33.6. The molecule has 0 radical (unpaired) electrons. The van der Waals surface area contributed by atoms with Crippen LogP contribution < -0.4 is 15.8 Å². The van der Waals surface area contributed by atoms with Crippen LogP contribution >= 0.6 is 7.82 Å². The fourth-order valence-electron chi connectivity index (χ4n) is 5.87. The molecular weight excluding hydrogens is 699 g/mol. The maximum absolute atomic E-state index is 13.7. The summed E-state index contributed by atoms with van der Waals surface area (Å²) in [5.41, 5.74) is 0.425. The highest BCUT2D eigenvalue weighted by Gasteiger charge is 2.32. The molecule has 0 saturated heterocycles. The Labute approximate surface area is 317 Å². The summed E-state index contributed by atoms with van der Waals surface area (Å²) in [6, 6.07) is 6.01. The van der Waals surface area contributed by atoms with Crippen LogP contribution in [0.25, 0.3) is 11.0 Å². The number of carbonyl (C=O) groups is 1. The lowest BCUT2D eigenvalue weighted by atomic mass is 10.0. The second kappa shape index (κ2) is 25.4. The van der Waals surface area contributed by atoms with Crippen LogP contribution in [0.3, 0.4) is 0 Å². The van der Waals surface area contributed by atoms with Gasteiger partial charge in [-0.15, -0.1) is 0 Å². The number of hydrogen-bond acceptors (Lipinski definition) is 11. The molecule has 0 aliphatic rings. The number of phosphoric ester groups is 1. The minimum absolute atomic E-state index is 0.0575. The average molecular weight is 767 g/mol. The number of fused-ring (bicyclic) bond motifs is 1. The van der Waals surface area contributed by atoms with Crippen LogP contribution in [0.15, 0.2) is 45.6 Å². The molecule has 0 fully saturated rings. The number of ether oxygens (including phenoxy) is 3. The first-order valence-corrected chi connectivity index (χ1v) is 20.9. The van der Waals surface area contributed by atoms with Crippen molar-refractivity contribution in [3.05, 3.63) is 52.4 Å². The average Bonchev–Trinajstić information content (AvgIpc) is 3.12. The molecule has 0 aliphatic carbocycles. The molecule has 0 aliphatic heterocycles. The lowest BCUT2D eigenvalue weighted by Crippen LogP contribution is -2.48. The molecule has 1 aromatic heterocycles. The van der Waals surface area contributed by atoms with E-state index in [1.54, 1.807) is 26.8 Å². The molecule has 12 nitrogen and oxygen atoms in total. The summed E-state index contributed by atoms with van der Waals surface area (Å²) in [6.07, 6.45) is 17.2. The summed E-state index contributed by atoms with van der Waals surface area (Å²) in [5.74, 6) is 0. The summed E-state index contributed by atoms with van der Waals surface area (Å²) in [6.45, 7) is 12.6. The lowest BCUT2D eigenvalue weighted by molar-refractivity contribution is -0.0714. The second-order valence-corrected chi connectivity index (χ2v) is 16.0. The summed E-state index contributed by atoms with van der Waals surface area (Å²) in [5, 5.41) is 3.43. The molecule has 1 aromatic carbocycles. The van der Waals surface area contributed by atoms with Crippen LogP contribution in [-0.2, 0) is 39.0 Å². The Morgan fingerprint density at radius 2 is 1.57 bits per heavy atom. The first-order chi connectivity index (χ1) is 25.4. The van der Waals surface area contributed by atoms with E-state index in [1.807, 2.05) is 38.1 Å². The maximum Gasteiger partial charge on any atom is 0.474 e. The molecule has 1 amide bonds. The summed E-state index contributed by atoms with van der Waals surface area (Å²) in [4.78, 5) is 27.5. The molecule has 0 bridgehead atoms. The number of nitrogens with one attached hydrogen (secondary N) is 1. The fraction of sp³-hybridized carbons (Fsp3) is 0.700. The summed E-state index contributed by atoms with van der Waals surface area (Å²) < 4.78 is 52.6. The first-order valence-electron chi connectivity index (χ1n) is 19.4. The normalized spacial score (nSPS) is 14.3. The van der Waals surface area contributed by atoms with Crippen LogP contribution in [0.2, 0.25) is 0 Å². The number of unbranched alkanes of at least 4 members (excludes halogenated alkanes) is 11. The molecule has 13 heteroatoms. The Kier molecular flexibility index (Phi) is 22.2. The van der Waals surface area contributed by atoms with Crippen LogP contribution in [0.5, 0.6) is 0 Å². The van der Waals surface area contributed by atoms with Crippen LogP contribution in [0, 0.1) is 0 Å². The Morgan fingerprint density at radius 1 is 0.925 bits per heavy atom. The van der Waals surface area contributed by atoms with Crippen molar-refractivity contribution in [2.45, 2.75) is 143 Å². The quantitative estimate of drug-likeness (QED) is 0.0291. The van der Waals surface area contributed by atoms with E-state index in [-0.39, 0.29) is 20.0 Å². The highest BCUT2D eigenvalue weighted by molar-refractivity contribution is 7.48. The van der Waals surface area contributed by atoms with Crippen LogP contribution in [0.1, 0.15) is 124 Å². The predicted octanol–water partition coefficient (Wildman–Crippen LogP) is 10.1. The van der Waals surface area contributed by atoms with E-state index in [4.69, 9.17) is 32.2 Å². The number of methoxy groups -OCH3 is 1. The lowest BCUT2D eigenvalue weighted by Gasteiger charge is -2.28. The highest BCUT2D eigenvalue weighted by Crippen LogP contribution is 2.49. The molecule has 0 spiro atoms. The number of carbonyl (C=O) groups excluding carboxylic acids is 1. The van der Waals surface area contributed by atoms with Gasteiger partial charge in [0.2, 0.25) is 0 Å². The molecule has 1 heterocycles. The van der Waals surface area contributed by atoms with E-state index in [1.165, 1.54) is 78.1 Å². The van der Waals surface area contributed by atoms with Gasteiger partial charge in [0, 0.05) is 50.5 Å². The van der Waals surface area contributed by atoms with Crippen LogP contribution in [0.4, 0.5) is 10.5 Å². The predicted molar refractivity (Wildman–Crippen MR) is 212 cm³/mol. The molecule has 53 heavy (non-hydrogen) atoms. The monoisotopic (exact) mass is 766 g/mol. The van der Waals surface area contributed by atoms with Gasteiger partial charge >= 0.3 is 19.5 Å². The van der Waals surface area contributed by atoms with Crippen molar-refractivity contribution >= 4 is 30.6 Å². The van der Waals surface area contributed by atoms with Crippen molar-refractivity contribution in [2.24, 2.45) is 0 Å². The Balaban J connectivity index is 2.11. The smallest absolute Gasteiger partial charge is 0.444 e. The van der Waals surface area contributed by atoms with E-state index in [2.05, 4.69) is 17.1 Å². The van der Waals surface area contributed by atoms with Crippen molar-refractivity contribution in [3.8, 4) is 0 Å². The zero-order valence-corrected chi connectivity index (χ0v) is 34.5. The van der Waals surface area contributed by atoms with E-state index in [0.29, 0.717) is 16.5 Å². The number of anilines is 1. The Morgan fingerprint density at radius 3 is 2.15 bits per heavy atom. The van der Waals surface area contributed by atoms with Crippen LogP contribution in [-0.4, -0.2) is 64.5 Å². The molecule has 1 unspecified atom stereocenters. The van der Waals surface area contributed by atoms with Gasteiger partial charge in [0.05, 0.1) is 19.3 Å². The van der Waals surface area contributed by atoms with E-state index >= 15 is 0 Å². The number of nitrogens with zero attached hydrogens (tertiary/aromatic N) is 1. The molecule has 0 saturated carbocycles. The topological polar surface area (TPSA) is 135 Å². The summed E-state index contributed by atoms with van der Waals surface area (Å²) in [7, 11) is -1.49. The molecule has 2 aromatic rings. The number of allylic oxidation sites excluding steroid dienone is 1. The standard InChI is InChI=1S/C40H67N2O10P/c1-9-12-13-14-15-16-17-18-19-20-21-22-23-24-36(48-31-46-7)35(41-39(44)52-40(4,5)6)30-50-53(45,47-8)49-29-32-27-38(43)51-37-28-33(25-26-34(32)37)42(10-2)11-3/h23-28,35-36H,9-22,29-31H2,1-8H3,(H,41,44)/b24-23+/t35-,36+,53?/m0/s1.